The Morgan fingerprint density at radius 2 is 2.13 bits per heavy atom. The Kier molecular flexibility index (Phi) is 2.60. The zero-order valence-corrected chi connectivity index (χ0v) is 9.32. The van der Waals surface area contributed by atoms with Gasteiger partial charge in [-0.05, 0) is 24.3 Å². The molecule has 2 aromatic rings. The van der Waals surface area contributed by atoms with Crippen LogP contribution in [0.5, 0.6) is 0 Å². The van der Waals surface area contributed by atoms with Crippen molar-refractivity contribution in [1.82, 2.24) is 0 Å². The molecule has 4 heteroatoms. The molecule has 0 bridgehead atoms. The normalized spacial score (nSPS) is 10.2. The third-order valence-electron chi connectivity index (χ3n) is 2.02. The summed E-state index contributed by atoms with van der Waals surface area (Å²) in [4.78, 5) is 11.9. The molecule has 15 heavy (non-hydrogen) atoms. The fourth-order valence-corrected chi connectivity index (χ4v) is 1.69. The van der Waals surface area contributed by atoms with Gasteiger partial charge in [0.25, 0.3) is 0 Å². The van der Waals surface area contributed by atoms with Gasteiger partial charge in [0.15, 0.2) is 5.78 Å². The summed E-state index contributed by atoms with van der Waals surface area (Å²) in [5.41, 5.74) is 7.24. The summed E-state index contributed by atoms with van der Waals surface area (Å²) in [6.45, 7) is 0. The maximum absolute atomic E-state index is 11.9. The van der Waals surface area contributed by atoms with Crippen molar-refractivity contribution in [3.8, 4) is 0 Å². The number of ketones is 1. The van der Waals surface area contributed by atoms with E-state index < -0.39 is 0 Å². The molecule has 0 unspecified atom stereocenters. The Bertz CT molecular complexity index is 491. The van der Waals surface area contributed by atoms with Crippen molar-refractivity contribution in [2.24, 2.45) is 0 Å². The number of halogens is 1. The van der Waals surface area contributed by atoms with Crippen LogP contribution >= 0.6 is 15.9 Å². The molecule has 2 rings (SSSR count). The molecule has 0 atom stereocenters. The first-order chi connectivity index (χ1) is 7.18. The van der Waals surface area contributed by atoms with Crippen LogP contribution in [-0.4, -0.2) is 5.78 Å². The fourth-order valence-electron chi connectivity index (χ4n) is 1.27. The molecule has 0 fully saturated rings. The summed E-state index contributed by atoms with van der Waals surface area (Å²) in [7, 11) is 0. The average molecular weight is 266 g/mol. The van der Waals surface area contributed by atoms with E-state index in [1.165, 1.54) is 12.5 Å². The van der Waals surface area contributed by atoms with E-state index in [4.69, 9.17) is 10.2 Å². The van der Waals surface area contributed by atoms with E-state index in [2.05, 4.69) is 15.9 Å². The van der Waals surface area contributed by atoms with Crippen molar-refractivity contribution in [3.05, 3.63) is 52.4 Å². The van der Waals surface area contributed by atoms with Gasteiger partial charge in [0.1, 0.15) is 6.26 Å². The van der Waals surface area contributed by atoms with Crippen molar-refractivity contribution in [3.63, 3.8) is 0 Å². The lowest BCUT2D eigenvalue weighted by atomic mass is 10.1. The number of hydrogen-bond acceptors (Lipinski definition) is 3. The van der Waals surface area contributed by atoms with Crippen LogP contribution in [0.3, 0.4) is 0 Å². The second-order valence-corrected chi connectivity index (χ2v) is 3.93. The van der Waals surface area contributed by atoms with Gasteiger partial charge in [-0.1, -0.05) is 15.9 Å². The predicted octanol–water partition coefficient (Wildman–Crippen LogP) is 2.86. The van der Waals surface area contributed by atoms with Crippen molar-refractivity contribution >= 4 is 27.4 Å². The smallest absolute Gasteiger partial charge is 0.197 e. The fraction of sp³-hybridized carbons (Fsp3) is 0. The number of nitrogen functional groups attached to an aromatic ring is 1. The Labute approximate surface area is 95.0 Å². The Hall–Kier alpha value is -1.55. The molecule has 0 saturated carbocycles. The SMILES string of the molecule is Nc1ccc(Br)c(C(=O)c2ccoc2)c1. The van der Waals surface area contributed by atoms with Gasteiger partial charge in [-0.15, -0.1) is 0 Å². The predicted molar refractivity (Wildman–Crippen MR) is 60.7 cm³/mol. The Morgan fingerprint density at radius 1 is 1.33 bits per heavy atom. The van der Waals surface area contributed by atoms with Crippen LogP contribution in [-0.2, 0) is 0 Å². The van der Waals surface area contributed by atoms with Crippen molar-refractivity contribution in [1.29, 1.82) is 0 Å². The van der Waals surface area contributed by atoms with Gasteiger partial charge in [0.2, 0.25) is 0 Å². The van der Waals surface area contributed by atoms with E-state index in [0.29, 0.717) is 16.8 Å². The minimum Gasteiger partial charge on any atom is -0.472 e. The van der Waals surface area contributed by atoms with E-state index in [1.807, 2.05) is 0 Å². The lowest BCUT2D eigenvalue weighted by molar-refractivity contribution is 0.103. The highest BCUT2D eigenvalue weighted by molar-refractivity contribution is 9.10. The van der Waals surface area contributed by atoms with Crippen molar-refractivity contribution in [2.45, 2.75) is 0 Å². The van der Waals surface area contributed by atoms with Gasteiger partial charge in [-0.25, -0.2) is 0 Å². The number of rotatable bonds is 2. The molecule has 0 aliphatic heterocycles. The van der Waals surface area contributed by atoms with Crippen LogP contribution in [0.25, 0.3) is 0 Å². The number of furan rings is 1. The van der Waals surface area contributed by atoms with E-state index in [0.717, 1.165) is 4.47 Å². The van der Waals surface area contributed by atoms with Crippen molar-refractivity contribution < 1.29 is 9.21 Å². The summed E-state index contributed by atoms with van der Waals surface area (Å²) in [6, 6.07) is 6.75. The zero-order valence-electron chi connectivity index (χ0n) is 7.74. The standard InChI is InChI=1S/C11H8BrNO2/c12-10-2-1-8(13)5-9(10)11(14)7-3-4-15-6-7/h1-6H,13H2. The maximum Gasteiger partial charge on any atom is 0.197 e. The summed E-state index contributed by atoms with van der Waals surface area (Å²) in [6.07, 6.45) is 2.88. The number of carbonyl (C=O) groups is 1. The second kappa shape index (κ2) is 3.90. The topological polar surface area (TPSA) is 56.2 Å². The minimum absolute atomic E-state index is 0.108. The van der Waals surface area contributed by atoms with Gasteiger partial charge in [0, 0.05) is 15.7 Å². The Morgan fingerprint density at radius 3 is 2.80 bits per heavy atom. The third-order valence-corrected chi connectivity index (χ3v) is 2.71. The van der Waals surface area contributed by atoms with E-state index >= 15 is 0 Å². The lowest BCUT2D eigenvalue weighted by Gasteiger charge is -2.02. The largest absolute Gasteiger partial charge is 0.472 e. The molecular formula is C11H8BrNO2. The first-order valence-corrected chi connectivity index (χ1v) is 5.09. The molecule has 0 saturated heterocycles. The van der Waals surface area contributed by atoms with Gasteiger partial charge in [0.05, 0.1) is 11.8 Å². The highest BCUT2D eigenvalue weighted by Crippen LogP contribution is 2.22. The summed E-state index contributed by atoms with van der Waals surface area (Å²) in [5, 5.41) is 0. The molecule has 3 nitrogen and oxygen atoms in total. The Balaban J connectivity index is 2.46. The first-order valence-electron chi connectivity index (χ1n) is 4.30. The maximum atomic E-state index is 11.9. The highest BCUT2D eigenvalue weighted by atomic mass is 79.9. The number of anilines is 1. The lowest BCUT2D eigenvalue weighted by Crippen LogP contribution is -2.01. The number of carbonyl (C=O) groups excluding carboxylic acids is 1. The molecule has 76 valence electrons. The van der Waals surface area contributed by atoms with Gasteiger partial charge >= 0.3 is 0 Å². The molecule has 0 radical (unpaired) electrons. The summed E-state index contributed by atoms with van der Waals surface area (Å²) < 4.78 is 5.58. The van der Waals surface area contributed by atoms with Gasteiger partial charge in [-0.3, -0.25) is 4.79 Å². The van der Waals surface area contributed by atoms with Gasteiger partial charge in [-0.2, -0.15) is 0 Å². The first kappa shape index (κ1) is 9.98. The van der Waals surface area contributed by atoms with Crippen LogP contribution in [0.2, 0.25) is 0 Å². The third kappa shape index (κ3) is 1.94. The molecular weight excluding hydrogens is 258 g/mol. The number of hydrogen-bond donors (Lipinski definition) is 1. The van der Waals surface area contributed by atoms with E-state index in [9.17, 15) is 4.79 Å². The zero-order chi connectivity index (χ0) is 10.8. The van der Waals surface area contributed by atoms with E-state index in [1.54, 1.807) is 24.3 Å². The minimum atomic E-state index is -0.108. The van der Waals surface area contributed by atoms with Crippen LogP contribution in [0.15, 0.2) is 45.7 Å². The summed E-state index contributed by atoms with van der Waals surface area (Å²) >= 11 is 3.31. The highest BCUT2D eigenvalue weighted by Gasteiger charge is 2.13. The number of nitrogens with two attached hydrogens (primary N) is 1. The second-order valence-electron chi connectivity index (χ2n) is 3.08. The van der Waals surface area contributed by atoms with Gasteiger partial charge < -0.3 is 10.2 Å². The molecule has 0 spiro atoms. The number of benzene rings is 1. The molecule has 1 heterocycles. The molecule has 0 amide bonds. The van der Waals surface area contributed by atoms with Crippen LogP contribution < -0.4 is 5.73 Å². The van der Waals surface area contributed by atoms with E-state index in [-0.39, 0.29) is 5.78 Å². The molecule has 0 aliphatic rings. The quantitative estimate of drug-likeness (QED) is 0.671. The molecule has 1 aromatic carbocycles. The monoisotopic (exact) mass is 265 g/mol. The van der Waals surface area contributed by atoms with Crippen molar-refractivity contribution in [2.75, 3.05) is 5.73 Å². The molecule has 1 aromatic heterocycles. The van der Waals surface area contributed by atoms with Crippen LogP contribution in [0, 0.1) is 0 Å². The van der Waals surface area contributed by atoms with Crippen LogP contribution in [0.1, 0.15) is 15.9 Å². The summed E-state index contributed by atoms with van der Waals surface area (Å²) in [5.74, 6) is -0.108. The van der Waals surface area contributed by atoms with Crippen LogP contribution in [0.4, 0.5) is 5.69 Å². The molecule has 0 aliphatic carbocycles. The molecule has 2 N–H and O–H groups in total. The average Bonchev–Trinajstić information content (AvgIpc) is 2.74.